The molecule has 0 N–H and O–H groups in total. The van der Waals surface area contributed by atoms with Crippen molar-refractivity contribution in [2.45, 2.75) is 31.6 Å². The lowest BCUT2D eigenvalue weighted by molar-refractivity contribution is -0.152. The lowest BCUT2D eigenvalue weighted by Crippen LogP contribution is -2.46. The number of Topliss-reactive ketones (excluding diaryl/α,β-unsaturated/α-hetero) is 1. The summed E-state index contributed by atoms with van der Waals surface area (Å²) in [7, 11) is 0. The molecule has 7 nitrogen and oxygen atoms in total. The van der Waals surface area contributed by atoms with Crippen molar-refractivity contribution in [1.82, 2.24) is 0 Å². The molecule has 2 aliphatic heterocycles. The maximum absolute atomic E-state index is 14.3. The summed E-state index contributed by atoms with van der Waals surface area (Å²) >= 11 is 1.45. The molecule has 0 saturated carbocycles. The second kappa shape index (κ2) is 9.72. The van der Waals surface area contributed by atoms with Crippen molar-refractivity contribution >= 4 is 34.7 Å². The van der Waals surface area contributed by atoms with Crippen molar-refractivity contribution in [2.24, 2.45) is 5.92 Å². The number of carbonyl (C=O) groups is 3. The van der Waals surface area contributed by atoms with E-state index in [0.29, 0.717) is 28.5 Å². The molecule has 2 aromatic carbocycles. The van der Waals surface area contributed by atoms with Crippen LogP contribution in [0.3, 0.4) is 0 Å². The number of halogens is 1. The number of thiophene rings is 1. The SMILES string of the molecule is CCOC(=O)[C@H]1C(=O)C2=C(C[C@H]1c1cccs1)N(c1ccc(F)cc1)C(=O)C[C@H]2c1ccc2c(c1)OCO2. The number of allylic oxidation sites excluding steroid dienone is 2. The number of benzene rings is 2. The van der Waals surface area contributed by atoms with E-state index in [2.05, 4.69) is 0 Å². The summed E-state index contributed by atoms with van der Waals surface area (Å²) in [5.41, 5.74) is 2.12. The molecule has 3 atom stereocenters. The zero-order valence-electron chi connectivity index (χ0n) is 20.5. The van der Waals surface area contributed by atoms with Crippen LogP contribution < -0.4 is 14.4 Å². The van der Waals surface area contributed by atoms with Crippen LogP contribution in [0, 0.1) is 11.7 Å². The number of nitrogens with zero attached hydrogens (tertiary/aromatic N) is 1. The molecular formula is C29H24FNO6S. The number of hydrogen-bond donors (Lipinski definition) is 0. The van der Waals surface area contributed by atoms with Gasteiger partial charge in [-0.15, -0.1) is 11.3 Å². The minimum absolute atomic E-state index is 0.000801. The Morgan fingerprint density at radius 3 is 2.61 bits per heavy atom. The molecule has 6 rings (SSSR count). The van der Waals surface area contributed by atoms with E-state index in [1.54, 1.807) is 19.1 Å². The Morgan fingerprint density at radius 1 is 1.08 bits per heavy atom. The van der Waals surface area contributed by atoms with Crippen molar-refractivity contribution in [1.29, 1.82) is 0 Å². The number of ether oxygens (including phenoxy) is 3. The highest BCUT2D eigenvalue weighted by molar-refractivity contribution is 7.10. The van der Waals surface area contributed by atoms with Crippen molar-refractivity contribution in [3.05, 3.63) is 87.5 Å². The van der Waals surface area contributed by atoms with Crippen LogP contribution in [0.1, 0.15) is 42.0 Å². The van der Waals surface area contributed by atoms with Gasteiger partial charge in [0.15, 0.2) is 17.3 Å². The number of amides is 1. The molecule has 1 aliphatic carbocycles. The van der Waals surface area contributed by atoms with Crippen molar-refractivity contribution in [3.63, 3.8) is 0 Å². The molecular weight excluding hydrogens is 509 g/mol. The minimum Gasteiger partial charge on any atom is -0.465 e. The summed E-state index contributed by atoms with van der Waals surface area (Å²) < 4.78 is 30.1. The van der Waals surface area contributed by atoms with Gasteiger partial charge in [0.2, 0.25) is 12.7 Å². The average Bonchev–Trinajstić information content (AvgIpc) is 3.61. The predicted octanol–water partition coefficient (Wildman–Crippen LogP) is 5.33. The maximum atomic E-state index is 14.3. The van der Waals surface area contributed by atoms with E-state index in [1.165, 1.54) is 40.5 Å². The van der Waals surface area contributed by atoms with E-state index >= 15 is 0 Å². The van der Waals surface area contributed by atoms with Crippen LogP contribution >= 0.6 is 11.3 Å². The number of esters is 1. The van der Waals surface area contributed by atoms with Crippen LogP contribution in [0.4, 0.5) is 10.1 Å². The van der Waals surface area contributed by atoms with Gasteiger partial charge in [-0.1, -0.05) is 12.1 Å². The van der Waals surface area contributed by atoms with Gasteiger partial charge in [0.25, 0.3) is 0 Å². The minimum atomic E-state index is -1.04. The first-order chi connectivity index (χ1) is 18.5. The normalized spacial score (nSPS) is 22.5. The van der Waals surface area contributed by atoms with Gasteiger partial charge in [0.05, 0.1) is 6.61 Å². The van der Waals surface area contributed by atoms with Crippen LogP contribution in [0.15, 0.2) is 71.2 Å². The molecule has 3 aromatic rings. The Kier molecular flexibility index (Phi) is 6.23. The zero-order valence-corrected chi connectivity index (χ0v) is 21.3. The van der Waals surface area contributed by atoms with E-state index in [4.69, 9.17) is 14.2 Å². The van der Waals surface area contributed by atoms with E-state index in [0.717, 1.165) is 10.4 Å². The highest BCUT2D eigenvalue weighted by Crippen LogP contribution is 2.50. The second-order valence-corrected chi connectivity index (χ2v) is 10.3. The van der Waals surface area contributed by atoms with Crippen LogP contribution in [0.2, 0.25) is 0 Å². The summed E-state index contributed by atoms with van der Waals surface area (Å²) in [5, 5.41) is 1.89. The fourth-order valence-corrected chi connectivity index (χ4v) is 6.47. The third-order valence-corrected chi connectivity index (χ3v) is 8.26. The van der Waals surface area contributed by atoms with Crippen LogP contribution in [-0.4, -0.2) is 31.1 Å². The van der Waals surface area contributed by atoms with Crippen molar-refractivity contribution < 1.29 is 33.0 Å². The van der Waals surface area contributed by atoms with E-state index in [-0.39, 0.29) is 37.9 Å². The first-order valence-electron chi connectivity index (χ1n) is 12.4. The molecule has 0 saturated heterocycles. The molecule has 0 unspecified atom stereocenters. The summed E-state index contributed by atoms with van der Waals surface area (Å²) in [6.07, 6.45) is 0.274. The number of anilines is 1. The predicted molar refractivity (Wildman–Crippen MR) is 138 cm³/mol. The highest BCUT2D eigenvalue weighted by atomic mass is 32.1. The summed E-state index contributed by atoms with van der Waals surface area (Å²) in [5.74, 6) is -2.55. The van der Waals surface area contributed by atoms with Crippen molar-refractivity contribution in [3.8, 4) is 11.5 Å². The van der Waals surface area contributed by atoms with Gasteiger partial charge >= 0.3 is 5.97 Å². The largest absolute Gasteiger partial charge is 0.465 e. The molecule has 0 bridgehead atoms. The van der Waals surface area contributed by atoms with E-state index in [9.17, 15) is 18.8 Å². The molecule has 0 fully saturated rings. The van der Waals surface area contributed by atoms with Gasteiger partial charge in [-0.05, 0) is 66.8 Å². The first kappa shape index (κ1) is 24.4. The van der Waals surface area contributed by atoms with E-state index < -0.39 is 29.5 Å². The van der Waals surface area contributed by atoms with Gasteiger partial charge in [-0.25, -0.2) is 4.39 Å². The number of rotatable bonds is 5. The highest BCUT2D eigenvalue weighted by Gasteiger charge is 2.50. The first-order valence-corrected chi connectivity index (χ1v) is 13.3. The standard InChI is InChI=1S/C29H24FNO6S/c1-2-35-29(34)27-20(24-4-3-11-38-24)13-21-26(28(27)33)19(16-5-10-22-23(12-16)37-15-36-22)14-25(32)31(21)18-8-6-17(30)7-9-18/h3-12,19-20,27H,2,13-15H2,1H3/t19-,20-,27+/m0/s1. The Morgan fingerprint density at radius 2 is 1.87 bits per heavy atom. The summed E-state index contributed by atoms with van der Waals surface area (Å²) in [6, 6.07) is 14.8. The topological polar surface area (TPSA) is 82.1 Å². The van der Waals surface area contributed by atoms with Gasteiger partial charge in [0.1, 0.15) is 11.7 Å². The number of ketones is 1. The Labute approximate surface area is 222 Å². The second-order valence-electron chi connectivity index (χ2n) is 9.36. The van der Waals surface area contributed by atoms with Gasteiger partial charge in [0, 0.05) is 40.1 Å². The molecule has 0 spiro atoms. The van der Waals surface area contributed by atoms with Gasteiger partial charge in [-0.3, -0.25) is 19.3 Å². The van der Waals surface area contributed by atoms with E-state index in [1.807, 2.05) is 23.6 Å². The number of carbonyl (C=O) groups excluding carboxylic acids is 3. The Hall–Kier alpha value is -3.98. The van der Waals surface area contributed by atoms with Crippen LogP contribution in [-0.2, 0) is 19.1 Å². The third-order valence-electron chi connectivity index (χ3n) is 7.25. The fourth-order valence-electron chi connectivity index (χ4n) is 5.61. The smallest absolute Gasteiger partial charge is 0.317 e. The molecule has 0 radical (unpaired) electrons. The van der Waals surface area contributed by atoms with Crippen molar-refractivity contribution in [2.75, 3.05) is 18.3 Å². The quantitative estimate of drug-likeness (QED) is 0.326. The van der Waals surface area contributed by atoms with Gasteiger partial charge in [-0.2, -0.15) is 0 Å². The lowest BCUT2D eigenvalue weighted by Gasteiger charge is -2.42. The monoisotopic (exact) mass is 533 g/mol. The summed E-state index contributed by atoms with van der Waals surface area (Å²) in [4.78, 5) is 43.6. The Bertz CT molecular complexity index is 1450. The lowest BCUT2D eigenvalue weighted by atomic mass is 9.69. The molecule has 3 heterocycles. The zero-order chi connectivity index (χ0) is 26.4. The maximum Gasteiger partial charge on any atom is 0.317 e. The molecule has 9 heteroatoms. The molecule has 38 heavy (non-hydrogen) atoms. The number of fused-ring (bicyclic) bond motifs is 1. The molecule has 3 aliphatic rings. The average molecular weight is 534 g/mol. The van der Waals surface area contributed by atoms with Crippen LogP contribution in [0.5, 0.6) is 11.5 Å². The van der Waals surface area contributed by atoms with Gasteiger partial charge < -0.3 is 14.2 Å². The molecule has 1 aromatic heterocycles. The summed E-state index contributed by atoms with van der Waals surface area (Å²) in [6.45, 7) is 1.96. The Balaban J connectivity index is 1.54. The number of hydrogen-bond acceptors (Lipinski definition) is 7. The molecule has 1 amide bonds. The molecule has 194 valence electrons. The third kappa shape index (κ3) is 4.07. The van der Waals surface area contributed by atoms with Crippen LogP contribution in [0.25, 0.3) is 0 Å². The fraction of sp³-hybridized carbons (Fsp3) is 0.276.